The second kappa shape index (κ2) is 13.4. The van der Waals surface area contributed by atoms with Crippen molar-refractivity contribution in [2.24, 2.45) is 4.99 Å². The number of nitrogens with one attached hydrogen (secondary N) is 2. The molecule has 1 unspecified atom stereocenters. The van der Waals surface area contributed by atoms with E-state index in [9.17, 15) is 4.79 Å². The van der Waals surface area contributed by atoms with Crippen LogP contribution in [0.15, 0.2) is 35.8 Å². The summed E-state index contributed by atoms with van der Waals surface area (Å²) >= 11 is 0. The highest BCUT2D eigenvalue weighted by molar-refractivity contribution is 14.0. The minimum atomic E-state index is -0.0192. The first kappa shape index (κ1) is 25.2. The Morgan fingerprint density at radius 3 is 2.67 bits per heavy atom. The highest BCUT2D eigenvalue weighted by Crippen LogP contribution is 2.23. The Morgan fingerprint density at radius 2 is 2.07 bits per heavy atom. The minimum Gasteiger partial charge on any atom is -0.490 e. The van der Waals surface area contributed by atoms with Crippen molar-refractivity contribution in [3.63, 3.8) is 0 Å². The van der Waals surface area contributed by atoms with E-state index in [-0.39, 0.29) is 42.5 Å². The lowest BCUT2D eigenvalue weighted by Gasteiger charge is -2.17. The molecule has 152 valence electrons. The van der Waals surface area contributed by atoms with Crippen LogP contribution in [0.2, 0.25) is 0 Å². The first-order valence-corrected chi connectivity index (χ1v) is 8.96. The summed E-state index contributed by atoms with van der Waals surface area (Å²) in [6.45, 7) is 11.1. The molecule has 6 nitrogen and oxygen atoms in total. The van der Waals surface area contributed by atoms with E-state index in [1.54, 1.807) is 20.2 Å². The zero-order chi connectivity index (χ0) is 19.5. The molecule has 1 aromatic carbocycles. The molecule has 0 spiro atoms. The van der Waals surface area contributed by atoms with Gasteiger partial charge in [0.2, 0.25) is 5.91 Å². The molecular formula is C20H33IN4O2. The molecule has 1 atom stereocenters. The maximum atomic E-state index is 11.8. The number of likely N-dealkylation sites (N-methyl/N-ethyl adjacent to an activating group) is 1. The van der Waals surface area contributed by atoms with E-state index in [2.05, 4.69) is 36.1 Å². The van der Waals surface area contributed by atoms with Crippen molar-refractivity contribution in [2.45, 2.75) is 39.8 Å². The average Bonchev–Trinajstić information content (AvgIpc) is 2.61. The lowest BCUT2D eigenvalue weighted by molar-refractivity contribution is -0.127. The van der Waals surface area contributed by atoms with Gasteiger partial charge in [-0.2, -0.15) is 0 Å². The number of rotatable bonds is 9. The van der Waals surface area contributed by atoms with Crippen molar-refractivity contribution in [2.75, 3.05) is 27.2 Å². The van der Waals surface area contributed by atoms with Gasteiger partial charge in [0, 0.05) is 26.2 Å². The number of aliphatic imine (C=N–C) groups is 1. The monoisotopic (exact) mass is 488 g/mol. The standard InChI is InChI=1S/C20H32N4O2.HI/c1-7-11-21-20(23-14-19(25)24(5)6)22-13-17-10-9-15(3)12-18(17)26-16(4)8-2;/h7,9-10,12,16H,1,8,11,13-14H2,2-6H3,(H2,21,22,23);1H. The summed E-state index contributed by atoms with van der Waals surface area (Å²) in [5, 5.41) is 6.17. The summed E-state index contributed by atoms with van der Waals surface area (Å²) in [5.41, 5.74) is 2.16. The second-order valence-electron chi connectivity index (χ2n) is 6.42. The summed E-state index contributed by atoms with van der Waals surface area (Å²) in [5.74, 6) is 1.40. The van der Waals surface area contributed by atoms with Crippen LogP contribution in [0.5, 0.6) is 5.75 Å². The molecule has 0 aromatic heterocycles. The lowest BCUT2D eigenvalue weighted by Crippen LogP contribution is -2.43. The molecule has 0 heterocycles. The van der Waals surface area contributed by atoms with Gasteiger partial charge in [-0.05, 0) is 31.9 Å². The maximum Gasteiger partial charge on any atom is 0.241 e. The third kappa shape index (κ3) is 9.65. The molecule has 0 aliphatic heterocycles. The molecule has 2 N–H and O–H groups in total. The molecule has 0 fully saturated rings. The van der Waals surface area contributed by atoms with E-state index < -0.39 is 0 Å². The fourth-order valence-electron chi connectivity index (χ4n) is 2.03. The van der Waals surface area contributed by atoms with Crippen LogP contribution in [0.1, 0.15) is 31.4 Å². The van der Waals surface area contributed by atoms with E-state index in [1.807, 2.05) is 25.1 Å². The number of benzene rings is 1. The molecule has 7 heteroatoms. The van der Waals surface area contributed by atoms with Gasteiger partial charge in [-0.25, -0.2) is 4.99 Å². The van der Waals surface area contributed by atoms with Crippen LogP contribution in [-0.2, 0) is 11.3 Å². The van der Waals surface area contributed by atoms with Crippen LogP contribution >= 0.6 is 24.0 Å². The molecule has 0 radical (unpaired) electrons. The Balaban J connectivity index is 0.00000676. The molecule has 1 rings (SSSR count). The van der Waals surface area contributed by atoms with Crippen LogP contribution in [0.25, 0.3) is 0 Å². The van der Waals surface area contributed by atoms with Gasteiger partial charge < -0.3 is 20.3 Å². The van der Waals surface area contributed by atoms with Gasteiger partial charge in [0.25, 0.3) is 0 Å². The lowest BCUT2D eigenvalue weighted by atomic mass is 10.1. The number of halogens is 1. The molecule has 27 heavy (non-hydrogen) atoms. The van der Waals surface area contributed by atoms with Crippen molar-refractivity contribution in [1.82, 2.24) is 15.5 Å². The summed E-state index contributed by atoms with van der Waals surface area (Å²) < 4.78 is 6.03. The largest absolute Gasteiger partial charge is 0.490 e. The summed E-state index contributed by atoms with van der Waals surface area (Å²) in [6.07, 6.45) is 2.83. The predicted molar refractivity (Wildman–Crippen MR) is 123 cm³/mol. The molecule has 0 saturated heterocycles. The van der Waals surface area contributed by atoms with Gasteiger partial charge in [-0.15, -0.1) is 30.6 Å². The third-order valence-electron chi connectivity index (χ3n) is 3.85. The summed E-state index contributed by atoms with van der Waals surface area (Å²) in [7, 11) is 3.45. The van der Waals surface area contributed by atoms with Gasteiger partial charge in [0.05, 0.1) is 19.2 Å². The topological polar surface area (TPSA) is 66.0 Å². The van der Waals surface area contributed by atoms with E-state index in [0.29, 0.717) is 19.0 Å². The van der Waals surface area contributed by atoms with E-state index in [0.717, 1.165) is 23.3 Å². The molecule has 0 aliphatic carbocycles. The highest BCUT2D eigenvalue weighted by Gasteiger charge is 2.09. The quantitative estimate of drug-likeness (QED) is 0.243. The Labute approximate surface area is 180 Å². The van der Waals surface area contributed by atoms with Crippen molar-refractivity contribution in [3.05, 3.63) is 42.0 Å². The number of carbonyl (C=O) groups excluding carboxylic acids is 1. The fraction of sp³-hybridized carbons (Fsp3) is 0.500. The van der Waals surface area contributed by atoms with E-state index in [1.165, 1.54) is 4.90 Å². The first-order chi connectivity index (χ1) is 12.4. The van der Waals surface area contributed by atoms with Crippen LogP contribution in [0.3, 0.4) is 0 Å². The Morgan fingerprint density at radius 1 is 1.37 bits per heavy atom. The Kier molecular flexibility index (Phi) is 12.5. The molecule has 0 aliphatic rings. The second-order valence-corrected chi connectivity index (χ2v) is 6.42. The summed E-state index contributed by atoms with van der Waals surface area (Å²) in [6, 6.07) is 6.12. The van der Waals surface area contributed by atoms with Crippen molar-refractivity contribution >= 4 is 35.8 Å². The van der Waals surface area contributed by atoms with E-state index >= 15 is 0 Å². The van der Waals surface area contributed by atoms with Crippen molar-refractivity contribution in [1.29, 1.82) is 0 Å². The maximum absolute atomic E-state index is 11.8. The minimum absolute atomic E-state index is 0. The van der Waals surface area contributed by atoms with Gasteiger partial charge in [0.15, 0.2) is 5.96 Å². The number of carbonyl (C=O) groups is 1. The smallest absolute Gasteiger partial charge is 0.241 e. The van der Waals surface area contributed by atoms with Gasteiger partial charge in [-0.1, -0.05) is 25.1 Å². The van der Waals surface area contributed by atoms with Crippen LogP contribution in [-0.4, -0.2) is 50.1 Å². The van der Waals surface area contributed by atoms with Crippen LogP contribution in [0.4, 0.5) is 0 Å². The van der Waals surface area contributed by atoms with Crippen molar-refractivity contribution in [3.8, 4) is 5.75 Å². The number of nitrogens with zero attached hydrogens (tertiary/aromatic N) is 2. The average molecular weight is 488 g/mol. The van der Waals surface area contributed by atoms with Crippen molar-refractivity contribution < 1.29 is 9.53 Å². The molecule has 0 bridgehead atoms. The van der Waals surface area contributed by atoms with Crippen LogP contribution in [0, 0.1) is 6.92 Å². The molecular weight excluding hydrogens is 455 g/mol. The number of aryl methyl sites for hydroxylation is 1. The number of guanidine groups is 1. The first-order valence-electron chi connectivity index (χ1n) is 8.96. The Hall–Kier alpha value is -1.77. The SMILES string of the molecule is C=CCNC(=NCc1ccc(C)cc1OC(C)CC)NCC(=O)N(C)C.I. The predicted octanol–water partition coefficient (Wildman–Crippen LogP) is 3.10. The zero-order valence-corrected chi connectivity index (χ0v) is 19.4. The molecule has 1 aromatic rings. The number of ether oxygens (including phenoxy) is 1. The molecule has 0 saturated carbocycles. The van der Waals surface area contributed by atoms with E-state index in [4.69, 9.17) is 4.74 Å². The molecule has 1 amide bonds. The van der Waals surface area contributed by atoms with Gasteiger partial charge >= 0.3 is 0 Å². The Bertz CT molecular complexity index is 632. The number of hydrogen-bond acceptors (Lipinski definition) is 3. The third-order valence-corrected chi connectivity index (χ3v) is 3.85. The summed E-state index contributed by atoms with van der Waals surface area (Å²) in [4.78, 5) is 17.9. The van der Waals surface area contributed by atoms with Gasteiger partial charge in [-0.3, -0.25) is 4.79 Å². The highest BCUT2D eigenvalue weighted by atomic mass is 127. The number of hydrogen-bond donors (Lipinski definition) is 2. The number of amides is 1. The normalized spacial score (nSPS) is 11.8. The van der Waals surface area contributed by atoms with Crippen LogP contribution < -0.4 is 15.4 Å². The fourth-order valence-corrected chi connectivity index (χ4v) is 2.03. The van der Waals surface area contributed by atoms with Gasteiger partial charge in [0.1, 0.15) is 5.75 Å². The zero-order valence-electron chi connectivity index (χ0n) is 17.0.